The van der Waals surface area contributed by atoms with Crippen LogP contribution in [0.4, 0.5) is 0 Å². The van der Waals surface area contributed by atoms with Crippen molar-refractivity contribution in [3.8, 4) is 0 Å². The van der Waals surface area contributed by atoms with Gasteiger partial charge in [0.05, 0.1) is 5.92 Å². The Morgan fingerprint density at radius 1 is 1.32 bits per heavy atom. The van der Waals surface area contributed by atoms with Crippen molar-refractivity contribution in [3.05, 3.63) is 0 Å². The second kappa shape index (κ2) is 5.80. The third-order valence-electron chi connectivity index (χ3n) is 5.40. The van der Waals surface area contributed by atoms with Gasteiger partial charge >= 0.3 is 0 Å². The molecule has 1 amide bonds. The zero-order valence-electron chi connectivity index (χ0n) is 12.6. The summed E-state index contributed by atoms with van der Waals surface area (Å²) in [5.41, 5.74) is 6.34. The maximum absolute atomic E-state index is 12.4. The number of nitrogens with two attached hydrogens (primary N) is 1. The summed E-state index contributed by atoms with van der Waals surface area (Å²) in [5.74, 6) is 0.598. The van der Waals surface area contributed by atoms with Crippen LogP contribution in [0, 0.1) is 11.8 Å². The predicted molar refractivity (Wildman–Crippen MR) is 77.8 cm³/mol. The minimum Gasteiger partial charge on any atom is -0.354 e. The predicted octanol–water partition coefficient (Wildman–Crippen LogP) is 1.35. The normalized spacial score (nSPS) is 33.8. The third kappa shape index (κ3) is 2.95. The summed E-state index contributed by atoms with van der Waals surface area (Å²) < 4.78 is 0. The van der Waals surface area contributed by atoms with Gasteiger partial charge in [-0.3, -0.25) is 4.79 Å². The Balaban J connectivity index is 1.90. The van der Waals surface area contributed by atoms with Crippen LogP contribution < -0.4 is 11.1 Å². The number of likely N-dealkylation sites (N-methyl/N-ethyl adjacent to an activating group) is 1. The van der Waals surface area contributed by atoms with Crippen molar-refractivity contribution >= 4 is 5.91 Å². The van der Waals surface area contributed by atoms with Gasteiger partial charge in [0, 0.05) is 18.1 Å². The van der Waals surface area contributed by atoms with Crippen molar-refractivity contribution in [2.45, 2.75) is 57.0 Å². The third-order valence-corrected chi connectivity index (χ3v) is 5.40. The van der Waals surface area contributed by atoms with E-state index in [2.05, 4.69) is 31.2 Å². The molecule has 0 radical (unpaired) electrons. The lowest BCUT2D eigenvalue weighted by Crippen LogP contribution is -2.59. The summed E-state index contributed by atoms with van der Waals surface area (Å²) in [5, 5.41) is 3.18. The number of amides is 1. The van der Waals surface area contributed by atoms with Gasteiger partial charge in [-0.05, 0) is 52.1 Å². The molecule has 2 aliphatic carbocycles. The smallest absolute Gasteiger partial charge is 0.225 e. The quantitative estimate of drug-likeness (QED) is 0.808. The van der Waals surface area contributed by atoms with Gasteiger partial charge in [0.1, 0.15) is 0 Å². The summed E-state index contributed by atoms with van der Waals surface area (Å²) in [6, 6.07) is 0.0421. The molecule has 0 aromatic carbocycles. The highest BCUT2D eigenvalue weighted by Crippen LogP contribution is 2.36. The van der Waals surface area contributed by atoms with Gasteiger partial charge in [0.15, 0.2) is 0 Å². The molecule has 0 saturated heterocycles. The molecule has 2 fully saturated rings. The number of nitrogens with one attached hydrogen (secondary N) is 1. The molecule has 3 unspecified atom stereocenters. The van der Waals surface area contributed by atoms with Gasteiger partial charge in [-0.15, -0.1) is 0 Å². The van der Waals surface area contributed by atoms with Crippen LogP contribution in [0.25, 0.3) is 0 Å². The van der Waals surface area contributed by atoms with E-state index in [0.29, 0.717) is 5.92 Å². The zero-order valence-corrected chi connectivity index (χ0v) is 12.6. The standard InChI is InChI=1S/C15H29N3O/c1-11-6-4-7-12(16)13(11)14(19)17-10-15(18(2)3)8-5-9-15/h11-13H,4-10,16H2,1-3H3,(H,17,19). The Morgan fingerprint density at radius 3 is 2.47 bits per heavy atom. The summed E-state index contributed by atoms with van der Waals surface area (Å²) >= 11 is 0. The highest BCUT2D eigenvalue weighted by atomic mass is 16.1. The molecule has 2 saturated carbocycles. The van der Waals surface area contributed by atoms with Crippen LogP contribution in [-0.2, 0) is 4.79 Å². The molecule has 2 rings (SSSR count). The molecule has 2 aliphatic rings. The Morgan fingerprint density at radius 2 is 2.00 bits per heavy atom. The number of nitrogens with zero attached hydrogens (tertiary/aromatic N) is 1. The second-order valence-corrected chi connectivity index (χ2v) is 6.79. The van der Waals surface area contributed by atoms with E-state index in [4.69, 9.17) is 5.73 Å². The van der Waals surface area contributed by atoms with E-state index in [0.717, 1.165) is 25.8 Å². The van der Waals surface area contributed by atoms with Crippen LogP contribution in [0.2, 0.25) is 0 Å². The maximum atomic E-state index is 12.4. The van der Waals surface area contributed by atoms with E-state index in [-0.39, 0.29) is 23.4 Å². The van der Waals surface area contributed by atoms with Crippen molar-refractivity contribution in [1.29, 1.82) is 0 Å². The van der Waals surface area contributed by atoms with Gasteiger partial charge in [-0.1, -0.05) is 13.3 Å². The van der Waals surface area contributed by atoms with Crippen LogP contribution >= 0.6 is 0 Å². The molecule has 0 bridgehead atoms. The molecule has 0 aromatic heterocycles. The van der Waals surface area contributed by atoms with Crippen molar-refractivity contribution in [2.24, 2.45) is 17.6 Å². The topological polar surface area (TPSA) is 58.4 Å². The summed E-state index contributed by atoms with van der Waals surface area (Å²) in [6.45, 7) is 2.93. The average Bonchev–Trinajstić information content (AvgIpc) is 2.26. The van der Waals surface area contributed by atoms with Gasteiger partial charge in [-0.25, -0.2) is 0 Å². The van der Waals surface area contributed by atoms with Crippen LogP contribution in [0.15, 0.2) is 0 Å². The fraction of sp³-hybridized carbons (Fsp3) is 0.933. The lowest BCUT2D eigenvalue weighted by atomic mass is 9.74. The summed E-state index contributed by atoms with van der Waals surface area (Å²) in [6.07, 6.45) is 6.92. The molecule has 4 nitrogen and oxygen atoms in total. The Bertz CT molecular complexity index is 315. The first kappa shape index (κ1) is 14.8. The van der Waals surface area contributed by atoms with Crippen LogP contribution in [-0.4, -0.2) is 43.0 Å². The zero-order chi connectivity index (χ0) is 14.0. The molecule has 0 aliphatic heterocycles. The largest absolute Gasteiger partial charge is 0.354 e. The Labute approximate surface area is 117 Å². The van der Waals surface area contributed by atoms with Gasteiger partial charge < -0.3 is 16.0 Å². The molecular weight excluding hydrogens is 238 g/mol. The number of carbonyl (C=O) groups is 1. The fourth-order valence-corrected chi connectivity index (χ4v) is 3.65. The Hall–Kier alpha value is -0.610. The number of hydrogen-bond donors (Lipinski definition) is 2. The first-order valence-corrected chi connectivity index (χ1v) is 7.67. The van der Waals surface area contributed by atoms with E-state index in [9.17, 15) is 4.79 Å². The molecule has 0 spiro atoms. The number of carbonyl (C=O) groups excluding carboxylic acids is 1. The maximum Gasteiger partial charge on any atom is 0.225 e. The molecule has 4 heteroatoms. The summed E-state index contributed by atoms with van der Waals surface area (Å²) in [7, 11) is 4.22. The molecule has 3 atom stereocenters. The van der Waals surface area contributed by atoms with Crippen LogP contribution in [0.5, 0.6) is 0 Å². The first-order valence-electron chi connectivity index (χ1n) is 7.67. The Kier molecular flexibility index (Phi) is 4.51. The van der Waals surface area contributed by atoms with Crippen LogP contribution in [0.3, 0.4) is 0 Å². The minimum atomic E-state index is 0.00744. The molecule has 19 heavy (non-hydrogen) atoms. The highest BCUT2D eigenvalue weighted by molar-refractivity contribution is 5.80. The minimum absolute atomic E-state index is 0.00744. The van der Waals surface area contributed by atoms with Crippen molar-refractivity contribution in [3.63, 3.8) is 0 Å². The average molecular weight is 267 g/mol. The molecule has 3 N–H and O–H groups in total. The van der Waals surface area contributed by atoms with E-state index in [1.54, 1.807) is 0 Å². The van der Waals surface area contributed by atoms with Gasteiger partial charge in [0.2, 0.25) is 5.91 Å². The lowest BCUT2D eigenvalue weighted by Gasteiger charge is -2.47. The van der Waals surface area contributed by atoms with E-state index in [1.807, 2.05) is 0 Å². The van der Waals surface area contributed by atoms with E-state index >= 15 is 0 Å². The highest BCUT2D eigenvalue weighted by Gasteiger charge is 2.40. The van der Waals surface area contributed by atoms with Gasteiger partial charge in [-0.2, -0.15) is 0 Å². The van der Waals surface area contributed by atoms with Crippen molar-refractivity contribution in [1.82, 2.24) is 10.2 Å². The number of hydrogen-bond acceptors (Lipinski definition) is 3. The molecule has 110 valence electrons. The fourth-order valence-electron chi connectivity index (χ4n) is 3.65. The van der Waals surface area contributed by atoms with E-state index in [1.165, 1.54) is 19.3 Å². The van der Waals surface area contributed by atoms with Gasteiger partial charge in [0.25, 0.3) is 0 Å². The lowest BCUT2D eigenvalue weighted by molar-refractivity contribution is -0.129. The number of rotatable bonds is 4. The summed E-state index contributed by atoms with van der Waals surface area (Å²) in [4.78, 5) is 14.7. The molecule has 0 heterocycles. The monoisotopic (exact) mass is 267 g/mol. The molecule has 0 aromatic rings. The van der Waals surface area contributed by atoms with Crippen LogP contribution in [0.1, 0.15) is 45.4 Å². The molecular formula is C15H29N3O. The van der Waals surface area contributed by atoms with Crippen molar-refractivity contribution < 1.29 is 4.79 Å². The second-order valence-electron chi connectivity index (χ2n) is 6.79. The van der Waals surface area contributed by atoms with E-state index < -0.39 is 0 Å². The SMILES string of the molecule is CC1CCCC(N)C1C(=O)NCC1(N(C)C)CCC1. The van der Waals surface area contributed by atoms with Crippen molar-refractivity contribution in [2.75, 3.05) is 20.6 Å². The first-order chi connectivity index (χ1) is 8.96.